The molecule has 11 nitrogen and oxygen atoms in total. The average molecular weight is 532 g/mol. The second kappa shape index (κ2) is 12.3. The number of aromatic nitrogens is 2. The Balaban J connectivity index is 1.43. The van der Waals surface area contributed by atoms with Gasteiger partial charge in [0.15, 0.2) is 0 Å². The van der Waals surface area contributed by atoms with Gasteiger partial charge in [0.1, 0.15) is 30.0 Å². The number of methoxy groups -OCH3 is 1. The second-order valence-electron chi connectivity index (χ2n) is 9.77. The summed E-state index contributed by atoms with van der Waals surface area (Å²) in [7, 11) is 3.64. The summed E-state index contributed by atoms with van der Waals surface area (Å²) in [6, 6.07) is 15.5. The third-order valence-corrected chi connectivity index (χ3v) is 6.90. The molecule has 2 saturated heterocycles. The van der Waals surface area contributed by atoms with Crippen molar-refractivity contribution in [3.63, 3.8) is 0 Å². The van der Waals surface area contributed by atoms with Crippen molar-refractivity contribution in [2.45, 2.75) is 18.6 Å². The van der Waals surface area contributed by atoms with Crippen LogP contribution in [0.3, 0.4) is 0 Å². The molecule has 2 N–H and O–H groups in total. The summed E-state index contributed by atoms with van der Waals surface area (Å²) in [5.74, 6) is 0.823. The van der Waals surface area contributed by atoms with Gasteiger partial charge in [0, 0.05) is 56.3 Å². The van der Waals surface area contributed by atoms with E-state index in [4.69, 9.17) is 14.2 Å². The molecular formula is C28H33N7O4. The minimum atomic E-state index is -0.390. The van der Waals surface area contributed by atoms with Crippen molar-refractivity contribution >= 4 is 28.2 Å². The topological polar surface area (TPSA) is 125 Å². The van der Waals surface area contributed by atoms with E-state index in [1.54, 1.807) is 19.2 Å². The average Bonchev–Trinajstić information content (AvgIpc) is 2.96. The van der Waals surface area contributed by atoms with E-state index in [9.17, 15) is 10.1 Å². The molecule has 3 aromatic rings. The Kier molecular flexibility index (Phi) is 8.36. The number of nitrogens with one attached hydrogen (secondary N) is 2. The van der Waals surface area contributed by atoms with Gasteiger partial charge in [0.05, 0.1) is 31.9 Å². The number of carbonyl (C=O) groups excluding carboxylic acids is 1. The van der Waals surface area contributed by atoms with Gasteiger partial charge in [-0.05, 0) is 18.5 Å². The van der Waals surface area contributed by atoms with Crippen molar-refractivity contribution in [3.8, 4) is 17.8 Å². The number of likely N-dealkylation sites (N-methyl/N-ethyl adjacent to an activating group) is 1. The maximum Gasteiger partial charge on any atom is 0.319 e. The molecule has 0 radical (unpaired) electrons. The van der Waals surface area contributed by atoms with E-state index in [0.29, 0.717) is 49.9 Å². The van der Waals surface area contributed by atoms with Gasteiger partial charge in [-0.15, -0.1) is 0 Å². The number of nitrogens with zero attached hydrogens (tertiary/aromatic N) is 5. The number of fused-ring (bicyclic) bond motifs is 1. The Morgan fingerprint density at radius 1 is 1.23 bits per heavy atom. The smallest absolute Gasteiger partial charge is 0.319 e. The van der Waals surface area contributed by atoms with E-state index in [2.05, 4.69) is 36.5 Å². The largest absolute Gasteiger partial charge is 0.497 e. The summed E-state index contributed by atoms with van der Waals surface area (Å²) in [5.41, 5.74) is 0.798. The Hall–Kier alpha value is -3.98. The van der Waals surface area contributed by atoms with E-state index in [0.717, 1.165) is 23.9 Å². The van der Waals surface area contributed by atoms with Crippen LogP contribution in [0, 0.1) is 11.3 Å². The molecule has 204 valence electrons. The molecule has 39 heavy (non-hydrogen) atoms. The molecular weight excluding hydrogens is 498 g/mol. The first-order valence-corrected chi connectivity index (χ1v) is 13.1. The van der Waals surface area contributed by atoms with Crippen LogP contribution in [0.15, 0.2) is 42.5 Å². The van der Waals surface area contributed by atoms with Crippen molar-refractivity contribution in [3.05, 3.63) is 48.2 Å². The zero-order valence-electron chi connectivity index (χ0n) is 22.2. The Bertz CT molecular complexity index is 1360. The first kappa shape index (κ1) is 26.6. The van der Waals surface area contributed by atoms with Crippen LogP contribution in [0.2, 0.25) is 0 Å². The summed E-state index contributed by atoms with van der Waals surface area (Å²) in [6.07, 6.45) is 0.268. The van der Waals surface area contributed by atoms with Gasteiger partial charge < -0.3 is 34.6 Å². The predicted octanol–water partition coefficient (Wildman–Crippen LogP) is 2.29. The third kappa shape index (κ3) is 6.54. The molecule has 2 aliphatic heterocycles. The van der Waals surface area contributed by atoms with Crippen molar-refractivity contribution in [1.82, 2.24) is 20.2 Å². The molecule has 2 aliphatic rings. The van der Waals surface area contributed by atoms with Gasteiger partial charge in [-0.3, -0.25) is 4.79 Å². The summed E-state index contributed by atoms with van der Waals surface area (Å²) < 4.78 is 17.2. The monoisotopic (exact) mass is 531 g/mol. The van der Waals surface area contributed by atoms with E-state index >= 15 is 0 Å². The maximum absolute atomic E-state index is 13.6. The van der Waals surface area contributed by atoms with E-state index in [1.165, 1.54) is 0 Å². The summed E-state index contributed by atoms with van der Waals surface area (Å²) in [4.78, 5) is 26.9. The minimum absolute atomic E-state index is 0.00897. The van der Waals surface area contributed by atoms with Crippen LogP contribution >= 0.6 is 0 Å². The van der Waals surface area contributed by atoms with Crippen molar-refractivity contribution in [2.75, 3.05) is 70.3 Å². The Labute approximate surface area is 227 Å². The zero-order valence-corrected chi connectivity index (χ0v) is 22.2. The number of rotatable bonds is 8. The lowest BCUT2D eigenvalue weighted by Gasteiger charge is -2.33. The van der Waals surface area contributed by atoms with E-state index in [1.807, 2.05) is 37.4 Å². The molecule has 0 spiro atoms. The fourth-order valence-corrected chi connectivity index (χ4v) is 4.86. The molecule has 0 aliphatic carbocycles. The van der Waals surface area contributed by atoms with Crippen molar-refractivity contribution in [2.24, 2.45) is 0 Å². The minimum Gasteiger partial charge on any atom is -0.497 e. The molecule has 2 aromatic carbocycles. The number of anilines is 2. The van der Waals surface area contributed by atoms with Crippen LogP contribution in [0.1, 0.15) is 16.9 Å². The standard InChI is InChI=1S/C28H33N7O4/c1-34-11-12-38-22(17-34)18-39-28-32-25(15-26(33-28)35-10-9-30-20(16-35)7-8-29)27(36)31-24-14-21(37-2)13-19-5-3-4-6-23(19)24/h3-6,13-15,20,22,30H,7,9-12,16-18H2,1-2H3,(H,31,36)/t20-,22+/m0/s1. The number of carbonyl (C=O) groups is 1. The summed E-state index contributed by atoms with van der Waals surface area (Å²) in [5, 5.41) is 17.4. The number of hydrogen-bond acceptors (Lipinski definition) is 10. The number of nitriles is 1. The predicted molar refractivity (Wildman–Crippen MR) is 147 cm³/mol. The highest BCUT2D eigenvalue weighted by Crippen LogP contribution is 2.30. The number of benzene rings is 2. The lowest BCUT2D eigenvalue weighted by Crippen LogP contribution is -2.51. The lowest BCUT2D eigenvalue weighted by atomic mass is 10.1. The number of ether oxygens (including phenoxy) is 3. The molecule has 11 heteroatoms. The molecule has 3 heterocycles. The summed E-state index contributed by atoms with van der Waals surface area (Å²) >= 11 is 0. The molecule has 0 bridgehead atoms. The number of amides is 1. The van der Waals surface area contributed by atoms with Gasteiger partial charge in [-0.1, -0.05) is 24.3 Å². The Morgan fingerprint density at radius 3 is 2.92 bits per heavy atom. The molecule has 0 unspecified atom stereocenters. The van der Waals surface area contributed by atoms with Gasteiger partial charge in [0.2, 0.25) is 0 Å². The van der Waals surface area contributed by atoms with Crippen LogP contribution in [-0.2, 0) is 4.74 Å². The van der Waals surface area contributed by atoms with Crippen LogP contribution in [0.5, 0.6) is 11.8 Å². The first-order valence-electron chi connectivity index (χ1n) is 13.1. The van der Waals surface area contributed by atoms with Gasteiger partial charge in [-0.25, -0.2) is 0 Å². The fourth-order valence-electron chi connectivity index (χ4n) is 4.86. The van der Waals surface area contributed by atoms with Crippen LogP contribution in [0.25, 0.3) is 10.8 Å². The lowest BCUT2D eigenvalue weighted by molar-refractivity contribution is -0.0417. The van der Waals surface area contributed by atoms with Gasteiger partial charge >= 0.3 is 6.01 Å². The first-order chi connectivity index (χ1) is 19.0. The molecule has 1 amide bonds. The van der Waals surface area contributed by atoms with Crippen molar-refractivity contribution in [1.29, 1.82) is 5.26 Å². The highest BCUT2D eigenvalue weighted by molar-refractivity contribution is 6.09. The summed E-state index contributed by atoms with van der Waals surface area (Å²) in [6.45, 7) is 4.48. The quantitative estimate of drug-likeness (QED) is 0.447. The maximum atomic E-state index is 13.6. The van der Waals surface area contributed by atoms with Gasteiger partial charge in [-0.2, -0.15) is 15.2 Å². The molecule has 1 aromatic heterocycles. The second-order valence-corrected chi connectivity index (χ2v) is 9.77. The number of hydrogen-bond donors (Lipinski definition) is 2. The van der Waals surface area contributed by atoms with E-state index in [-0.39, 0.29) is 36.4 Å². The van der Waals surface area contributed by atoms with Crippen LogP contribution in [-0.4, -0.2) is 93.0 Å². The number of piperazine rings is 1. The van der Waals surface area contributed by atoms with Crippen molar-refractivity contribution < 1.29 is 19.0 Å². The molecule has 2 fully saturated rings. The molecule has 0 saturated carbocycles. The van der Waals surface area contributed by atoms with Crippen LogP contribution < -0.4 is 25.0 Å². The zero-order chi connectivity index (χ0) is 27.2. The van der Waals surface area contributed by atoms with E-state index < -0.39 is 0 Å². The normalized spacial score (nSPS) is 19.9. The highest BCUT2D eigenvalue weighted by atomic mass is 16.5. The molecule has 5 rings (SSSR count). The molecule has 2 atom stereocenters. The van der Waals surface area contributed by atoms with Crippen LogP contribution in [0.4, 0.5) is 11.5 Å². The fraction of sp³-hybridized carbons (Fsp3) is 0.429. The third-order valence-electron chi connectivity index (χ3n) is 6.90. The highest BCUT2D eigenvalue weighted by Gasteiger charge is 2.24. The number of morpholine rings is 1. The Morgan fingerprint density at radius 2 is 2.10 bits per heavy atom. The van der Waals surface area contributed by atoms with Gasteiger partial charge in [0.25, 0.3) is 5.91 Å². The SMILES string of the molecule is COc1cc(NC(=O)c2cc(N3CCN[C@@H](CC#N)C3)nc(OC[C@H]3CN(C)CCO3)n2)c2ccccc2c1.